The molecule has 0 bridgehead atoms. The summed E-state index contributed by atoms with van der Waals surface area (Å²) in [5.41, 5.74) is 5.52. The van der Waals surface area contributed by atoms with Crippen LogP contribution in [-0.4, -0.2) is 33.0 Å². The van der Waals surface area contributed by atoms with Crippen molar-refractivity contribution in [2.24, 2.45) is 0 Å². The molecule has 0 aromatic carbocycles. The SMILES string of the molecule is CCOC(=O)c1nc(-c2nonc2N)no1. The second-order valence-corrected chi connectivity index (χ2v) is 2.64. The van der Waals surface area contributed by atoms with Crippen LogP contribution in [0.1, 0.15) is 17.6 Å². The molecule has 84 valence electrons. The maximum Gasteiger partial charge on any atom is 0.397 e. The van der Waals surface area contributed by atoms with E-state index in [1.807, 2.05) is 0 Å². The molecule has 0 aliphatic carbocycles. The minimum Gasteiger partial charge on any atom is -0.459 e. The van der Waals surface area contributed by atoms with Gasteiger partial charge < -0.3 is 15.0 Å². The molecule has 0 spiro atoms. The van der Waals surface area contributed by atoms with Crippen LogP contribution in [-0.2, 0) is 4.74 Å². The number of rotatable bonds is 3. The van der Waals surface area contributed by atoms with E-state index in [-0.39, 0.29) is 29.8 Å². The molecule has 0 radical (unpaired) electrons. The normalized spacial score (nSPS) is 10.3. The molecule has 2 aromatic heterocycles. The van der Waals surface area contributed by atoms with Crippen molar-refractivity contribution in [2.45, 2.75) is 6.92 Å². The van der Waals surface area contributed by atoms with E-state index in [0.717, 1.165) is 0 Å². The number of carbonyl (C=O) groups is 1. The van der Waals surface area contributed by atoms with Crippen LogP contribution in [0.2, 0.25) is 0 Å². The second-order valence-electron chi connectivity index (χ2n) is 2.64. The Labute approximate surface area is 88.5 Å². The Balaban J connectivity index is 2.26. The number of aromatic nitrogens is 4. The number of nitrogens with two attached hydrogens (primary N) is 1. The van der Waals surface area contributed by atoms with Gasteiger partial charge in [0.15, 0.2) is 11.5 Å². The Morgan fingerprint density at radius 1 is 1.44 bits per heavy atom. The molecule has 0 saturated heterocycles. The van der Waals surface area contributed by atoms with E-state index < -0.39 is 5.97 Å². The number of hydrogen-bond acceptors (Lipinski definition) is 9. The Kier molecular flexibility index (Phi) is 2.50. The van der Waals surface area contributed by atoms with Crippen LogP contribution in [0.3, 0.4) is 0 Å². The molecule has 0 fully saturated rings. The van der Waals surface area contributed by atoms with Crippen molar-refractivity contribution < 1.29 is 18.7 Å². The summed E-state index contributed by atoms with van der Waals surface area (Å²) in [4.78, 5) is 14.9. The summed E-state index contributed by atoms with van der Waals surface area (Å²) in [6, 6.07) is 0. The average molecular weight is 225 g/mol. The lowest BCUT2D eigenvalue weighted by molar-refractivity contribution is 0.0470. The largest absolute Gasteiger partial charge is 0.459 e. The molecule has 0 atom stereocenters. The number of esters is 1. The number of anilines is 1. The van der Waals surface area contributed by atoms with Crippen LogP contribution in [0.15, 0.2) is 9.15 Å². The third-order valence-electron chi connectivity index (χ3n) is 1.60. The highest BCUT2D eigenvalue weighted by Gasteiger charge is 2.20. The first-order valence-corrected chi connectivity index (χ1v) is 4.31. The van der Waals surface area contributed by atoms with Gasteiger partial charge in [0.25, 0.3) is 0 Å². The monoisotopic (exact) mass is 225 g/mol. The van der Waals surface area contributed by atoms with Crippen molar-refractivity contribution in [2.75, 3.05) is 12.3 Å². The smallest absolute Gasteiger partial charge is 0.397 e. The van der Waals surface area contributed by atoms with E-state index in [4.69, 9.17) is 5.73 Å². The van der Waals surface area contributed by atoms with Crippen molar-refractivity contribution in [3.63, 3.8) is 0 Å². The molecule has 0 aliphatic heterocycles. The minimum absolute atomic E-state index is 0.0104. The molecule has 9 heteroatoms. The molecule has 2 heterocycles. The van der Waals surface area contributed by atoms with Gasteiger partial charge in [0.05, 0.1) is 6.61 Å². The van der Waals surface area contributed by atoms with Crippen molar-refractivity contribution in [3.05, 3.63) is 5.89 Å². The molecule has 0 aliphatic rings. The van der Waals surface area contributed by atoms with E-state index in [2.05, 4.69) is 34.3 Å². The number of carbonyl (C=O) groups excluding carboxylic acids is 1. The third kappa shape index (κ3) is 1.69. The van der Waals surface area contributed by atoms with Gasteiger partial charge in [-0.15, -0.1) is 0 Å². The fourth-order valence-electron chi connectivity index (χ4n) is 0.946. The molecule has 2 rings (SSSR count). The van der Waals surface area contributed by atoms with Crippen LogP contribution < -0.4 is 5.73 Å². The Hall–Kier alpha value is -2.45. The lowest BCUT2D eigenvalue weighted by Crippen LogP contribution is -2.04. The van der Waals surface area contributed by atoms with Crippen LogP contribution in [0, 0.1) is 0 Å². The van der Waals surface area contributed by atoms with E-state index >= 15 is 0 Å². The van der Waals surface area contributed by atoms with E-state index in [9.17, 15) is 4.79 Å². The molecule has 0 saturated carbocycles. The zero-order chi connectivity index (χ0) is 11.5. The maximum absolute atomic E-state index is 11.2. The summed E-state index contributed by atoms with van der Waals surface area (Å²) in [6.45, 7) is 1.87. The number of nitrogen functional groups attached to an aromatic ring is 1. The van der Waals surface area contributed by atoms with Crippen molar-refractivity contribution in [1.29, 1.82) is 0 Å². The molecule has 0 amide bonds. The van der Waals surface area contributed by atoms with Crippen LogP contribution >= 0.6 is 0 Å². The van der Waals surface area contributed by atoms with Crippen molar-refractivity contribution >= 4 is 11.8 Å². The van der Waals surface area contributed by atoms with Crippen LogP contribution in [0.4, 0.5) is 5.82 Å². The summed E-state index contributed by atoms with van der Waals surface area (Å²) in [5.74, 6) is -0.964. The highest BCUT2D eigenvalue weighted by molar-refractivity contribution is 5.84. The summed E-state index contributed by atoms with van der Waals surface area (Å²) in [6.07, 6.45) is 0. The van der Waals surface area contributed by atoms with Gasteiger partial charge in [-0.25, -0.2) is 9.42 Å². The van der Waals surface area contributed by atoms with Gasteiger partial charge in [-0.2, -0.15) is 4.98 Å². The number of nitrogens with zero attached hydrogens (tertiary/aromatic N) is 4. The van der Waals surface area contributed by atoms with E-state index in [1.54, 1.807) is 6.92 Å². The fraction of sp³-hybridized carbons (Fsp3) is 0.286. The zero-order valence-electron chi connectivity index (χ0n) is 8.21. The molecular weight excluding hydrogens is 218 g/mol. The standard InChI is InChI=1S/C7H7N5O4/c1-2-14-7(13)6-9-5(12-15-6)3-4(8)11-16-10-3/h2H2,1H3,(H2,8,11). The first kappa shape index (κ1) is 10.1. The predicted octanol–water partition coefficient (Wildman–Crippen LogP) is -0.122. The summed E-state index contributed by atoms with van der Waals surface area (Å²) in [5, 5.41) is 10.3. The van der Waals surface area contributed by atoms with Crippen LogP contribution in [0.5, 0.6) is 0 Å². The average Bonchev–Trinajstić information content (AvgIpc) is 2.86. The van der Waals surface area contributed by atoms with Gasteiger partial charge in [-0.3, -0.25) is 0 Å². The molecule has 2 aromatic rings. The molecule has 0 unspecified atom stereocenters. The lowest BCUT2D eigenvalue weighted by Gasteiger charge is -1.93. The molecule has 16 heavy (non-hydrogen) atoms. The summed E-state index contributed by atoms with van der Waals surface area (Å²) < 4.78 is 13.7. The first-order valence-electron chi connectivity index (χ1n) is 4.31. The fourth-order valence-corrected chi connectivity index (χ4v) is 0.946. The zero-order valence-corrected chi connectivity index (χ0v) is 8.21. The number of ether oxygens (including phenoxy) is 1. The van der Waals surface area contributed by atoms with Crippen molar-refractivity contribution in [1.82, 2.24) is 20.5 Å². The van der Waals surface area contributed by atoms with Gasteiger partial charge in [0, 0.05) is 0 Å². The van der Waals surface area contributed by atoms with E-state index in [1.165, 1.54) is 0 Å². The first-order chi connectivity index (χ1) is 7.72. The van der Waals surface area contributed by atoms with Crippen LogP contribution in [0.25, 0.3) is 11.5 Å². The highest BCUT2D eigenvalue weighted by Crippen LogP contribution is 2.18. The van der Waals surface area contributed by atoms with Gasteiger partial charge >= 0.3 is 11.9 Å². The second kappa shape index (κ2) is 3.96. The van der Waals surface area contributed by atoms with Gasteiger partial charge in [-0.1, -0.05) is 5.16 Å². The van der Waals surface area contributed by atoms with Gasteiger partial charge in [0.1, 0.15) is 0 Å². The topological polar surface area (TPSA) is 130 Å². The third-order valence-corrected chi connectivity index (χ3v) is 1.60. The molecule has 2 N–H and O–H groups in total. The minimum atomic E-state index is -0.712. The van der Waals surface area contributed by atoms with Crippen molar-refractivity contribution in [3.8, 4) is 11.5 Å². The highest BCUT2D eigenvalue weighted by atomic mass is 16.6. The molecule has 9 nitrogen and oxygen atoms in total. The lowest BCUT2D eigenvalue weighted by atomic mass is 10.4. The quantitative estimate of drug-likeness (QED) is 0.710. The summed E-state index contributed by atoms with van der Waals surface area (Å²) in [7, 11) is 0. The Morgan fingerprint density at radius 2 is 2.25 bits per heavy atom. The Bertz CT molecular complexity index is 504. The predicted molar refractivity (Wildman–Crippen MR) is 48.0 cm³/mol. The summed E-state index contributed by atoms with van der Waals surface area (Å²) >= 11 is 0. The van der Waals surface area contributed by atoms with E-state index in [0.29, 0.717) is 0 Å². The molecular formula is C7H7N5O4. The van der Waals surface area contributed by atoms with Gasteiger partial charge in [-0.05, 0) is 17.2 Å². The Morgan fingerprint density at radius 3 is 2.88 bits per heavy atom. The van der Waals surface area contributed by atoms with Gasteiger partial charge in [0.2, 0.25) is 5.82 Å². The maximum atomic E-state index is 11.2. The number of hydrogen-bond donors (Lipinski definition) is 1.